The number of nitrogens with one attached hydrogen (secondary N) is 1. The van der Waals surface area contributed by atoms with Crippen LogP contribution >= 0.6 is 0 Å². The van der Waals surface area contributed by atoms with Gasteiger partial charge in [-0.25, -0.2) is 4.79 Å². The highest BCUT2D eigenvalue weighted by Crippen LogP contribution is 2.37. The van der Waals surface area contributed by atoms with Crippen LogP contribution in [0.5, 0.6) is 0 Å². The number of halogens is 3. The molecule has 0 aromatic heterocycles. The first-order chi connectivity index (χ1) is 12.6. The predicted molar refractivity (Wildman–Crippen MR) is 100 cm³/mol. The third kappa shape index (κ3) is 5.02. The fraction of sp³-hybridized carbons (Fsp3) is 0.381. The number of anilines is 1. The van der Waals surface area contributed by atoms with Gasteiger partial charge in [-0.15, -0.1) is 0 Å². The normalized spacial score (nSPS) is 12.1. The van der Waals surface area contributed by atoms with E-state index in [-0.39, 0.29) is 17.7 Å². The number of rotatable bonds is 7. The molecule has 0 unspecified atom stereocenters. The molecule has 0 saturated carbocycles. The lowest BCUT2D eigenvalue weighted by molar-refractivity contribution is -0.138. The summed E-state index contributed by atoms with van der Waals surface area (Å²) in [7, 11) is 0. The Bertz CT molecular complexity index is 813. The van der Waals surface area contributed by atoms with E-state index in [9.17, 15) is 18.0 Å². The Morgan fingerprint density at radius 1 is 1.07 bits per heavy atom. The minimum absolute atomic E-state index is 0.200. The van der Waals surface area contributed by atoms with Gasteiger partial charge in [-0.1, -0.05) is 45.4 Å². The Labute approximate surface area is 157 Å². The number of carboxylic acid groups (broad SMARTS) is 1. The Morgan fingerprint density at radius 3 is 2.26 bits per heavy atom. The SMILES string of the molecule is CCCc1cc(C(=O)O)ccc1NCC(C)(C)c1ccccc1C(F)(F)F. The maximum absolute atomic E-state index is 13.4. The maximum Gasteiger partial charge on any atom is 0.416 e. The molecule has 0 saturated heterocycles. The van der Waals surface area contributed by atoms with Crippen LogP contribution in [0.4, 0.5) is 18.9 Å². The molecule has 2 aromatic rings. The minimum Gasteiger partial charge on any atom is -0.478 e. The third-order valence-corrected chi connectivity index (χ3v) is 4.55. The zero-order chi connectivity index (χ0) is 20.2. The Kier molecular flexibility index (Phi) is 6.19. The summed E-state index contributed by atoms with van der Waals surface area (Å²) in [5.41, 5.74) is 0.611. The first kappa shape index (κ1) is 20.8. The molecule has 3 nitrogen and oxygen atoms in total. The van der Waals surface area contributed by atoms with E-state index in [1.54, 1.807) is 32.0 Å². The van der Waals surface area contributed by atoms with Crippen molar-refractivity contribution in [2.24, 2.45) is 0 Å². The molecule has 0 amide bonds. The molecule has 0 aliphatic carbocycles. The van der Waals surface area contributed by atoms with Crippen LogP contribution in [-0.2, 0) is 18.0 Å². The molecule has 0 heterocycles. The van der Waals surface area contributed by atoms with Crippen LogP contribution in [0.2, 0.25) is 0 Å². The van der Waals surface area contributed by atoms with Crippen molar-refractivity contribution >= 4 is 11.7 Å². The van der Waals surface area contributed by atoms with Crippen LogP contribution < -0.4 is 5.32 Å². The molecular formula is C21H24F3NO2. The van der Waals surface area contributed by atoms with Crippen molar-refractivity contribution in [2.75, 3.05) is 11.9 Å². The highest BCUT2D eigenvalue weighted by molar-refractivity contribution is 5.88. The quantitative estimate of drug-likeness (QED) is 0.644. The minimum atomic E-state index is -4.41. The van der Waals surface area contributed by atoms with Crippen molar-refractivity contribution in [1.29, 1.82) is 0 Å². The molecule has 2 N–H and O–H groups in total. The average Bonchev–Trinajstić information content (AvgIpc) is 2.60. The highest BCUT2D eigenvalue weighted by atomic mass is 19.4. The van der Waals surface area contributed by atoms with Crippen molar-refractivity contribution in [3.8, 4) is 0 Å². The molecule has 2 aromatic carbocycles. The van der Waals surface area contributed by atoms with Crippen molar-refractivity contribution in [1.82, 2.24) is 0 Å². The van der Waals surface area contributed by atoms with Crippen LogP contribution in [0.25, 0.3) is 0 Å². The standard InChI is InChI=1S/C21H24F3NO2/c1-4-7-14-12-15(19(26)27)10-11-18(14)25-13-20(2,3)16-8-5-6-9-17(16)21(22,23)24/h5-6,8-12,25H,4,7,13H2,1-3H3,(H,26,27). The van der Waals surface area contributed by atoms with Gasteiger partial charge in [0.05, 0.1) is 11.1 Å². The van der Waals surface area contributed by atoms with Crippen molar-refractivity contribution in [3.63, 3.8) is 0 Å². The van der Waals surface area contributed by atoms with Crippen molar-refractivity contribution in [3.05, 3.63) is 64.7 Å². The van der Waals surface area contributed by atoms with Crippen molar-refractivity contribution in [2.45, 2.75) is 45.2 Å². The number of carbonyl (C=O) groups is 1. The summed E-state index contributed by atoms with van der Waals surface area (Å²) in [6.45, 7) is 5.79. The molecule has 0 aliphatic rings. The molecule has 0 atom stereocenters. The van der Waals surface area contributed by atoms with Gasteiger partial charge in [-0.05, 0) is 41.8 Å². The van der Waals surface area contributed by atoms with Gasteiger partial charge in [0.1, 0.15) is 0 Å². The molecule has 0 aliphatic heterocycles. The van der Waals surface area contributed by atoms with Gasteiger partial charge in [0.15, 0.2) is 0 Å². The monoisotopic (exact) mass is 379 g/mol. The van der Waals surface area contributed by atoms with E-state index < -0.39 is 23.1 Å². The van der Waals surface area contributed by atoms with Gasteiger partial charge in [0.25, 0.3) is 0 Å². The van der Waals surface area contributed by atoms with E-state index >= 15 is 0 Å². The van der Waals surface area contributed by atoms with E-state index in [1.165, 1.54) is 18.2 Å². The molecule has 6 heteroatoms. The lowest BCUT2D eigenvalue weighted by Crippen LogP contribution is -2.30. The van der Waals surface area contributed by atoms with Gasteiger partial charge in [-0.2, -0.15) is 13.2 Å². The summed E-state index contributed by atoms with van der Waals surface area (Å²) in [5.74, 6) is -1.00. The van der Waals surface area contributed by atoms with E-state index in [4.69, 9.17) is 5.11 Å². The van der Waals surface area contributed by atoms with Crippen molar-refractivity contribution < 1.29 is 23.1 Å². The third-order valence-electron chi connectivity index (χ3n) is 4.55. The first-order valence-corrected chi connectivity index (χ1v) is 8.83. The van der Waals surface area contributed by atoms with Gasteiger partial charge in [0.2, 0.25) is 0 Å². The summed E-state index contributed by atoms with van der Waals surface area (Å²) in [6.07, 6.45) is -2.90. The van der Waals surface area contributed by atoms with Crippen LogP contribution in [0.3, 0.4) is 0 Å². The predicted octanol–water partition coefficient (Wildman–Crippen LogP) is 5.75. The van der Waals surface area contributed by atoms with Gasteiger partial charge < -0.3 is 10.4 Å². The van der Waals surface area contributed by atoms with Gasteiger partial charge >= 0.3 is 12.1 Å². The largest absolute Gasteiger partial charge is 0.478 e. The lowest BCUT2D eigenvalue weighted by Gasteiger charge is -2.29. The molecule has 2 rings (SSSR count). The second-order valence-electron chi connectivity index (χ2n) is 7.21. The molecule has 0 bridgehead atoms. The summed E-state index contributed by atoms with van der Waals surface area (Å²) < 4.78 is 40.1. The fourth-order valence-electron chi connectivity index (χ4n) is 3.11. The summed E-state index contributed by atoms with van der Waals surface area (Å²) >= 11 is 0. The lowest BCUT2D eigenvalue weighted by atomic mass is 9.81. The zero-order valence-corrected chi connectivity index (χ0v) is 15.7. The Hall–Kier alpha value is -2.50. The number of hydrogen-bond acceptors (Lipinski definition) is 2. The topological polar surface area (TPSA) is 49.3 Å². The average molecular weight is 379 g/mol. The van der Waals surface area contributed by atoms with E-state index in [1.807, 2.05) is 6.92 Å². The fourth-order valence-corrected chi connectivity index (χ4v) is 3.11. The number of aromatic carboxylic acids is 1. The molecule has 0 radical (unpaired) electrons. The van der Waals surface area contributed by atoms with Crippen LogP contribution in [0, 0.1) is 0 Å². The summed E-state index contributed by atoms with van der Waals surface area (Å²) in [6, 6.07) is 10.4. The van der Waals surface area contributed by atoms with Crippen LogP contribution in [0.15, 0.2) is 42.5 Å². The molecular weight excluding hydrogens is 355 g/mol. The Balaban J connectivity index is 2.29. The van der Waals surface area contributed by atoms with E-state index in [0.717, 1.165) is 23.7 Å². The number of aryl methyl sites for hydroxylation is 1. The van der Waals surface area contributed by atoms with E-state index in [2.05, 4.69) is 5.32 Å². The van der Waals surface area contributed by atoms with Crippen LogP contribution in [0.1, 0.15) is 54.2 Å². The molecule has 27 heavy (non-hydrogen) atoms. The highest BCUT2D eigenvalue weighted by Gasteiger charge is 2.37. The number of carboxylic acids is 1. The number of benzene rings is 2. The number of alkyl halides is 3. The van der Waals surface area contributed by atoms with Crippen LogP contribution in [-0.4, -0.2) is 17.6 Å². The molecule has 146 valence electrons. The number of hydrogen-bond donors (Lipinski definition) is 2. The second-order valence-corrected chi connectivity index (χ2v) is 7.21. The van der Waals surface area contributed by atoms with E-state index in [0.29, 0.717) is 6.42 Å². The van der Waals surface area contributed by atoms with Gasteiger partial charge in [0, 0.05) is 17.6 Å². The zero-order valence-electron chi connectivity index (χ0n) is 15.7. The smallest absolute Gasteiger partial charge is 0.416 e. The summed E-state index contributed by atoms with van der Waals surface area (Å²) in [4.78, 5) is 11.2. The Morgan fingerprint density at radius 2 is 1.70 bits per heavy atom. The summed E-state index contributed by atoms with van der Waals surface area (Å²) in [5, 5.41) is 12.4. The molecule has 0 spiro atoms. The van der Waals surface area contributed by atoms with Gasteiger partial charge in [-0.3, -0.25) is 0 Å². The first-order valence-electron chi connectivity index (χ1n) is 8.83. The molecule has 0 fully saturated rings. The maximum atomic E-state index is 13.4. The second kappa shape index (κ2) is 8.03.